The second kappa shape index (κ2) is 5.75. The van der Waals surface area contributed by atoms with Crippen molar-refractivity contribution in [1.29, 1.82) is 0 Å². The minimum Gasteiger partial charge on any atom is -0.483 e. The van der Waals surface area contributed by atoms with E-state index in [1.807, 2.05) is 6.92 Å². The van der Waals surface area contributed by atoms with E-state index < -0.39 is 5.91 Å². The Labute approximate surface area is 100 Å². The average Bonchev–Trinajstić information content (AvgIpc) is 2.86. The van der Waals surface area contributed by atoms with Gasteiger partial charge < -0.3 is 10.8 Å². The lowest BCUT2D eigenvalue weighted by Gasteiger charge is -1.89. The summed E-state index contributed by atoms with van der Waals surface area (Å²) in [6.45, 7) is 1.62. The van der Waals surface area contributed by atoms with E-state index in [0.29, 0.717) is 5.69 Å². The lowest BCUT2D eigenvalue weighted by molar-refractivity contribution is -0.122. The summed E-state index contributed by atoms with van der Waals surface area (Å²) in [5.74, 6) is -0.506. The monoisotopic (exact) mass is 254 g/mol. The molecule has 0 aliphatic rings. The number of nitrogens with two attached hydrogens (primary N) is 1. The second-order valence-electron chi connectivity index (χ2n) is 2.89. The van der Waals surface area contributed by atoms with E-state index in [1.54, 1.807) is 11.6 Å². The van der Waals surface area contributed by atoms with Gasteiger partial charge in [0.15, 0.2) is 0 Å². The number of primary amides is 1. The van der Waals surface area contributed by atoms with Gasteiger partial charge in [-0.05, 0) is 6.92 Å². The number of carboxylic acid groups (broad SMARTS) is 1. The molecule has 2 rings (SSSR count). The van der Waals surface area contributed by atoms with E-state index in [1.165, 1.54) is 11.3 Å². The van der Waals surface area contributed by atoms with Gasteiger partial charge >= 0.3 is 0 Å². The number of carbonyl (C=O) groups is 2. The maximum absolute atomic E-state index is 10.8. The first-order chi connectivity index (χ1) is 8.10. The number of aromatic amines is 1. The van der Waals surface area contributed by atoms with Crippen molar-refractivity contribution in [1.82, 2.24) is 15.2 Å². The van der Waals surface area contributed by atoms with Gasteiger partial charge in [0, 0.05) is 11.6 Å². The Balaban J connectivity index is 0.000000437. The topological polar surface area (TPSA) is 122 Å². The molecule has 1 amide bonds. The lowest BCUT2D eigenvalue weighted by atomic mass is 10.3. The number of amides is 1. The van der Waals surface area contributed by atoms with E-state index >= 15 is 0 Å². The highest BCUT2D eigenvalue weighted by Gasteiger charge is 2.11. The van der Waals surface area contributed by atoms with Gasteiger partial charge in [-0.25, -0.2) is 4.98 Å². The SMILES string of the molecule is Cc1n[nH]cc1-c1nc(C(N)=O)cs1.O=CO. The van der Waals surface area contributed by atoms with Crippen LogP contribution in [0.1, 0.15) is 16.2 Å². The summed E-state index contributed by atoms with van der Waals surface area (Å²) in [6, 6.07) is 0. The number of aromatic nitrogens is 3. The fourth-order valence-electron chi connectivity index (χ4n) is 1.09. The minimum atomic E-state index is -0.506. The van der Waals surface area contributed by atoms with E-state index in [2.05, 4.69) is 15.2 Å². The molecule has 0 unspecified atom stereocenters. The molecule has 0 aromatic carbocycles. The van der Waals surface area contributed by atoms with Gasteiger partial charge in [0.2, 0.25) is 0 Å². The van der Waals surface area contributed by atoms with Gasteiger partial charge in [0.05, 0.1) is 11.3 Å². The third-order valence-electron chi connectivity index (χ3n) is 1.82. The molecule has 90 valence electrons. The molecule has 17 heavy (non-hydrogen) atoms. The average molecular weight is 254 g/mol. The molecule has 0 bridgehead atoms. The molecule has 8 heteroatoms. The van der Waals surface area contributed by atoms with Crippen LogP contribution in [0.2, 0.25) is 0 Å². The summed E-state index contributed by atoms with van der Waals surface area (Å²) >= 11 is 1.38. The van der Waals surface area contributed by atoms with Crippen LogP contribution in [0.25, 0.3) is 10.6 Å². The molecule has 0 fully saturated rings. The normalized spacial score (nSPS) is 9.24. The Bertz CT molecular complexity index is 520. The van der Waals surface area contributed by atoms with Crippen LogP contribution in [0, 0.1) is 6.92 Å². The van der Waals surface area contributed by atoms with Crippen molar-refractivity contribution in [2.45, 2.75) is 6.92 Å². The molecule has 2 aromatic heterocycles. The van der Waals surface area contributed by atoms with E-state index in [9.17, 15) is 4.79 Å². The molecular formula is C9H10N4O3S. The minimum absolute atomic E-state index is 0.250. The van der Waals surface area contributed by atoms with Gasteiger partial charge in [0.1, 0.15) is 10.7 Å². The van der Waals surface area contributed by atoms with Gasteiger partial charge in [0.25, 0.3) is 12.4 Å². The summed E-state index contributed by atoms with van der Waals surface area (Å²) in [7, 11) is 0. The molecule has 0 atom stereocenters. The van der Waals surface area contributed by atoms with Crippen LogP contribution >= 0.6 is 11.3 Å². The van der Waals surface area contributed by atoms with Crippen molar-refractivity contribution in [3.63, 3.8) is 0 Å². The first kappa shape index (κ1) is 12.8. The van der Waals surface area contributed by atoms with Crippen LogP contribution in [-0.4, -0.2) is 32.7 Å². The number of hydrogen-bond acceptors (Lipinski definition) is 5. The zero-order chi connectivity index (χ0) is 12.8. The summed E-state index contributed by atoms with van der Waals surface area (Å²) in [5.41, 5.74) is 7.16. The molecule has 0 spiro atoms. The molecule has 7 nitrogen and oxygen atoms in total. The fraction of sp³-hybridized carbons (Fsp3) is 0.111. The summed E-state index contributed by atoms with van der Waals surface area (Å²) in [4.78, 5) is 23.3. The van der Waals surface area contributed by atoms with Gasteiger partial charge in [-0.2, -0.15) is 5.10 Å². The quantitative estimate of drug-likeness (QED) is 0.679. The van der Waals surface area contributed by atoms with Gasteiger partial charge in [-0.1, -0.05) is 0 Å². The maximum Gasteiger partial charge on any atom is 0.290 e. The number of H-pyrrole nitrogens is 1. The molecule has 0 saturated heterocycles. The molecule has 0 aliphatic heterocycles. The van der Waals surface area contributed by atoms with Crippen molar-refractivity contribution >= 4 is 23.7 Å². The Hall–Kier alpha value is -2.22. The van der Waals surface area contributed by atoms with E-state index in [-0.39, 0.29) is 6.47 Å². The Kier molecular flexibility index (Phi) is 4.35. The van der Waals surface area contributed by atoms with Crippen molar-refractivity contribution in [2.24, 2.45) is 5.73 Å². The number of thiazole rings is 1. The van der Waals surface area contributed by atoms with Crippen molar-refractivity contribution < 1.29 is 14.7 Å². The first-order valence-electron chi connectivity index (χ1n) is 4.44. The molecule has 4 N–H and O–H groups in total. The van der Waals surface area contributed by atoms with Crippen molar-refractivity contribution in [3.8, 4) is 10.6 Å². The summed E-state index contributed by atoms with van der Waals surface area (Å²) < 4.78 is 0. The number of carbonyl (C=O) groups excluding carboxylic acids is 1. The predicted octanol–water partition coefficient (Wildman–Crippen LogP) is 0.641. The first-order valence-corrected chi connectivity index (χ1v) is 5.32. The summed E-state index contributed by atoms with van der Waals surface area (Å²) in [5, 5.41) is 16.0. The number of aryl methyl sites for hydroxylation is 1. The zero-order valence-corrected chi connectivity index (χ0v) is 9.69. The highest BCUT2D eigenvalue weighted by Crippen LogP contribution is 2.24. The Morgan fingerprint density at radius 3 is 2.71 bits per heavy atom. The molecule has 0 saturated carbocycles. The number of nitrogens with zero attached hydrogens (tertiary/aromatic N) is 2. The van der Waals surface area contributed by atoms with Crippen LogP contribution in [0.5, 0.6) is 0 Å². The van der Waals surface area contributed by atoms with Crippen LogP contribution in [-0.2, 0) is 4.79 Å². The smallest absolute Gasteiger partial charge is 0.290 e. The van der Waals surface area contributed by atoms with Gasteiger partial charge in [-0.3, -0.25) is 14.7 Å². The number of hydrogen-bond donors (Lipinski definition) is 3. The fourth-order valence-corrected chi connectivity index (χ4v) is 1.96. The third-order valence-corrected chi connectivity index (χ3v) is 2.69. The van der Waals surface area contributed by atoms with Gasteiger partial charge in [-0.15, -0.1) is 11.3 Å². The third kappa shape index (κ3) is 3.11. The standard InChI is InChI=1S/C8H8N4OS.CH2O2/c1-4-5(2-10-12-4)8-11-6(3-14-8)7(9)13;2-1-3/h2-3H,1H3,(H2,9,13)(H,10,12);1H,(H,2,3). The van der Waals surface area contributed by atoms with E-state index in [0.717, 1.165) is 16.3 Å². The number of rotatable bonds is 2. The van der Waals surface area contributed by atoms with Crippen LogP contribution in [0.3, 0.4) is 0 Å². The molecule has 0 aliphatic carbocycles. The van der Waals surface area contributed by atoms with Crippen LogP contribution < -0.4 is 5.73 Å². The molecule has 2 aromatic rings. The number of nitrogens with one attached hydrogen (secondary N) is 1. The Morgan fingerprint density at radius 1 is 1.65 bits per heavy atom. The molecule has 2 heterocycles. The van der Waals surface area contributed by atoms with Crippen LogP contribution in [0.4, 0.5) is 0 Å². The highest BCUT2D eigenvalue weighted by atomic mass is 32.1. The Morgan fingerprint density at radius 2 is 2.29 bits per heavy atom. The molecule has 0 radical (unpaired) electrons. The largest absolute Gasteiger partial charge is 0.483 e. The summed E-state index contributed by atoms with van der Waals surface area (Å²) in [6.07, 6.45) is 1.75. The zero-order valence-electron chi connectivity index (χ0n) is 8.88. The highest BCUT2D eigenvalue weighted by molar-refractivity contribution is 7.13. The molecular weight excluding hydrogens is 244 g/mol. The maximum atomic E-state index is 10.8. The van der Waals surface area contributed by atoms with Crippen LogP contribution in [0.15, 0.2) is 11.6 Å². The van der Waals surface area contributed by atoms with Crippen molar-refractivity contribution in [2.75, 3.05) is 0 Å². The van der Waals surface area contributed by atoms with Crippen molar-refractivity contribution in [3.05, 3.63) is 23.0 Å². The van der Waals surface area contributed by atoms with E-state index in [4.69, 9.17) is 15.6 Å². The lowest BCUT2D eigenvalue weighted by Crippen LogP contribution is -2.10. The predicted molar refractivity (Wildman–Crippen MR) is 61.6 cm³/mol. The second-order valence-corrected chi connectivity index (χ2v) is 3.75.